The van der Waals surface area contributed by atoms with E-state index in [1.165, 1.54) is 38.4 Å². The summed E-state index contributed by atoms with van der Waals surface area (Å²) < 4.78 is 11.0. The molecule has 0 unspecified atom stereocenters. The van der Waals surface area contributed by atoms with Gasteiger partial charge in [-0.15, -0.1) is 0 Å². The van der Waals surface area contributed by atoms with Crippen LogP contribution in [-0.2, 0) is 4.74 Å². The summed E-state index contributed by atoms with van der Waals surface area (Å²) in [7, 11) is 1.62. The lowest BCUT2D eigenvalue weighted by atomic mass is 9.98. The summed E-state index contributed by atoms with van der Waals surface area (Å²) >= 11 is 0. The molecule has 1 fully saturated rings. The molecule has 19 heavy (non-hydrogen) atoms. The number of rotatable bonds is 6. The first-order valence-electron chi connectivity index (χ1n) is 7.02. The molecule has 0 atom stereocenters. The van der Waals surface area contributed by atoms with Crippen LogP contribution in [0.4, 0.5) is 5.82 Å². The maximum Gasteiger partial charge on any atom is 0.221 e. The molecule has 0 aliphatic heterocycles. The Kier molecular flexibility index (Phi) is 5.39. The van der Waals surface area contributed by atoms with Gasteiger partial charge < -0.3 is 14.8 Å². The minimum atomic E-state index is 0.455. The van der Waals surface area contributed by atoms with E-state index in [0.717, 1.165) is 24.5 Å². The number of anilines is 1. The van der Waals surface area contributed by atoms with Crippen molar-refractivity contribution in [3.8, 4) is 5.88 Å². The van der Waals surface area contributed by atoms with Crippen LogP contribution < -0.4 is 10.1 Å². The number of aromatic nitrogens is 2. The van der Waals surface area contributed by atoms with Crippen molar-refractivity contribution in [2.45, 2.75) is 45.1 Å². The molecule has 0 saturated heterocycles. The zero-order chi connectivity index (χ0) is 13.5. The Hall–Kier alpha value is -1.36. The molecule has 0 spiro atoms. The molecule has 1 aromatic rings. The van der Waals surface area contributed by atoms with Gasteiger partial charge in [-0.1, -0.05) is 19.3 Å². The molecule has 1 N–H and O–H groups in total. The van der Waals surface area contributed by atoms with Gasteiger partial charge in [-0.3, -0.25) is 0 Å². The van der Waals surface area contributed by atoms with Crippen LogP contribution in [0.2, 0.25) is 0 Å². The molecule has 1 saturated carbocycles. The van der Waals surface area contributed by atoms with E-state index in [4.69, 9.17) is 9.47 Å². The number of hydrogen-bond acceptors (Lipinski definition) is 5. The van der Waals surface area contributed by atoms with Crippen molar-refractivity contribution in [3.05, 3.63) is 11.9 Å². The van der Waals surface area contributed by atoms with Crippen molar-refractivity contribution in [2.75, 3.05) is 25.6 Å². The topological polar surface area (TPSA) is 56.3 Å². The highest BCUT2D eigenvalue weighted by Crippen LogP contribution is 2.21. The van der Waals surface area contributed by atoms with Crippen molar-refractivity contribution >= 4 is 5.82 Å². The Morgan fingerprint density at radius 1 is 1.26 bits per heavy atom. The van der Waals surface area contributed by atoms with Crippen LogP contribution in [0.5, 0.6) is 5.88 Å². The third-order valence-corrected chi connectivity index (χ3v) is 3.53. The van der Waals surface area contributed by atoms with Gasteiger partial charge in [0.1, 0.15) is 12.1 Å². The van der Waals surface area contributed by atoms with Gasteiger partial charge in [0.2, 0.25) is 5.88 Å². The molecule has 0 amide bonds. The fourth-order valence-corrected chi connectivity index (χ4v) is 2.44. The largest absolute Gasteiger partial charge is 0.481 e. The monoisotopic (exact) mass is 265 g/mol. The third-order valence-electron chi connectivity index (χ3n) is 3.53. The van der Waals surface area contributed by atoms with E-state index in [1.54, 1.807) is 7.11 Å². The Labute approximate surface area is 114 Å². The summed E-state index contributed by atoms with van der Waals surface area (Å²) in [4.78, 5) is 8.27. The minimum Gasteiger partial charge on any atom is -0.481 e. The highest BCUT2D eigenvalue weighted by molar-refractivity contribution is 5.47. The molecule has 1 aromatic heterocycles. The molecule has 5 heteroatoms. The fraction of sp³-hybridized carbons (Fsp3) is 0.714. The predicted octanol–water partition coefficient (Wildman–Crippen LogP) is 2.55. The van der Waals surface area contributed by atoms with E-state index in [9.17, 15) is 0 Å². The van der Waals surface area contributed by atoms with E-state index in [2.05, 4.69) is 15.3 Å². The maximum atomic E-state index is 5.86. The Balaban J connectivity index is 1.73. The van der Waals surface area contributed by atoms with Crippen LogP contribution in [-0.4, -0.2) is 36.3 Å². The highest BCUT2D eigenvalue weighted by Gasteiger charge is 2.13. The summed E-state index contributed by atoms with van der Waals surface area (Å²) in [6, 6.07) is 0. The molecule has 0 bridgehead atoms. The molecule has 1 heterocycles. The van der Waals surface area contributed by atoms with Crippen LogP contribution in [0.3, 0.4) is 0 Å². The van der Waals surface area contributed by atoms with E-state index >= 15 is 0 Å². The molecule has 106 valence electrons. The third kappa shape index (κ3) is 4.06. The van der Waals surface area contributed by atoms with Gasteiger partial charge in [-0.25, -0.2) is 9.97 Å². The number of nitrogens with zero attached hydrogens (tertiary/aromatic N) is 2. The van der Waals surface area contributed by atoms with Gasteiger partial charge in [-0.05, 0) is 19.8 Å². The Morgan fingerprint density at radius 3 is 2.79 bits per heavy atom. The lowest BCUT2D eigenvalue weighted by Gasteiger charge is -2.22. The quantitative estimate of drug-likeness (QED) is 0.801. The van der Waals surface area contributed by atoms with Crippen LogP contribution in [0, 0.1) is 6.92 Å². The highest BCUT2D eigenvalue weighted by atomic mass is 16.5. The van der Waals surface area contributed by atoms with Gasteiger partial charge in [0, 0.05) is 6.54 Å². The first-order valence-corrected chi connectivity index (χ1v) is 7.02. The van der Waals surface area contributed by atoms with Crippen LogP contribution >= 0.6 is 0 Å². The molecule has 1 aliphatic rings. The Bertz CT molecular complexity index is 392. The molecule has 5 nitrogen and oxygen atoms in total. The summed E-state index contributed by atoms with van der Waals surface area (Å²) in [5.41, 5.74) is 0.933. The molecular weight excluding hydrogens is 242 g/mol. The normalized spacial score (nSPS) is 16.3. The molecule has 2 rings (SSSR count). The maximum absolute atomic E-state index is 5.86. The lowest BCUT2D eigenvalue weighted by Crippen LogP contribution is -2.21. The van der Waals surface area contributed by atoms with Gasteiger partial charge in [0.15, 0.2) is 0 Å². The summed E-state index contributed by atoms with van der Waals surface area (Å²) in [6.07, 6.45) is 8.35. The average molecular weight is 265 g/mol. The van der Waals surface area contributed by atoms with Crippen molar-refractivity contribution in [2.24, 2.45) is 0 Å². The number of ether oxygens (including phenoxy) is 2. The number of methoxy groups -OCH3 is 1. The van der Waals surface area contributed by atoms with E-state index in [0.29, 0.717) is 12.0 Å². The Morgan fingerprint density at radius 2 is 2.05 bits per heavy atom. The smallest absolute Gasteiger partial charge is 0.221 e. The summed E-state index contributed by atoms with van der Waals surface area (Å²) in [5.74, 6) is 1.43. The SMILES string of the molecule is COc1ncnc(NCCOC2CCCCC2)c1C. The standard InChI is InChI=1S/C14H23N3O2/c1-11-13(16-10-17-14(11)18-2)15-8-9-19-12-6-4-3-5-7-12/h10,12H,3-9H2,1-2H3,(H,15,16,17). The fourth-order valence-electron chi connectivity index (χ4n) is 2.44. The average Bonchev–Trinajstić information content (AvgIpc) is 2.46. The van der Waals surface area contributed by atoms with Crippen molar-refractivity contribution in [1.82, 2.24) is 9.97 Å². The molecular formula is C14H23N3O2. The number of hydrogen-bond donors (Lipinski definition) is 1. The van der Waals surface area contributed by atoms with Crippen LogP contribution in [0.25, 0.3) is 0 Å². The van der Waals surface area contributed by atoms with Crippen molar-refractivity contribution in [1.29, 1.82) is 0 Å². The van der Waals surface area contributed by atoms with Gasteiger partial charge in [0.25, 0.3) is 0 Å². The first-order chi connectivity index (χ1) is 9.31. The van der Waals surface area contributed by atoms with E-state index in [1.807, 2.05) is 6.92 Å². The van der Waals surface area contributed by atoms with Crippen LogP contribution in [0.1, 0.15) is 37.7 Å². The second-order valence-electron chi connectivity index (χ2n) is 4.91. The minimum absolute atomic E-state index is 0.455. The van der Waals surface area contributed by atoms with Crippen LogP contribution in [0.15, 0.2) is 6.33 Å². The van der Waals surface area contributed by atoms with Gasteiger partial charge in [0.05, 0.1) is 25.4 Å². The second-order valence-corrected chi connectivity index (χ2v) is 4.91. The van der Waals surface area contributed by atoms with Gasteiger partial charge in [-0.2, -0.15) is 0 Å². The zero-order valence-corrected chi connectivity index (χ0v) is 11.8. The van der Waals surface area contributed by atoms with E-state index < -0.39 is 0 Å². The first kappa shape index (κ1) is 14.1. The predicted molar refractivity (Wildman–Crippen MR) is 74.6 cm³/mol. The van der Waals surface area contributed by atoms with Crippen molar-refractivity contribution in [3.63, 3.8) is 0 Å². The lowest BCUT2D eigenvalue weighted by molar-refractivity contribution is 0.0347. The molecule has 1 aliphatic carbocycles. The van der Waals surface area contributed by atoms with Gasteiger partial charge >= 0.3 is 0 Å². The zero-order valence-electron chi connectivity index (χ0n) is 11.8. The summed E-state index contributed by atoms with van der Waals surface area (Å²) in [6.45, 7) is 3.43. The summed E-state index contributed by atoms with van der Waals surface area (Å²) in [5, 5.41) is 3.27. The van der Waals surface area contributed by atoms with E-state index in [-0.39, 0.29) is 0 Å². The number of nitrogens with one attached hydrogen (secondary N) is 1. The second kappa shape index (κ2) is 7.28. The molecule has 0 aromatic carbocycles. The molecule has 0 radical (unpaired) electrons. The van der Waals surface area contributed by atoms with Crippen molar-refractivity contribution < 1.29 is 9.47 Å².